The molecule has 0 aliphatic carbocycles. The van der Waals surface area contributed by atoms with E-state index in [9.17, 15) is 0 Å². The molecular weight excluding hydrogens is 384 g/mol. The molecule has 0 aliphatic heterocycles. The van der Waals surface area contributed by atoms with Crippen molar-refractivity contribution in [2.24, 2.45) is 41.4 Å². The van der Waals surface area contributed by atoms with Crippen LogP contribution in [0.2, 0.25) is 0 Å². The molecule has 0 aromatic carbocycles. The van der Waals surface area contributed by atoms with Crippen molar-refractivity contribution in [2.45, 2.75) is 165 Å². The lowest BCUT2D eigenvalue weighted by atomic mass is 9.78. The van der Waals surface area contributed by atoms with Gasteiger partial charge in [0.2, 0.25) is 0 Å². The van der Waals surface area contributed by atoms with Crippen LogP contribution in [0, 0.1) is 41.4 Å². The maximum Gasteiger partial charge on any atom is -0.0391 e. The highest BCUT2D eigenvalue weighted by Crippen LogP contribution is 2.32. The Kier molecular flexibility index (Phi) is 20.4. The Hall–Kier alpha value is 0. The maximum atomic E-state index is 2.56. The van der Waals surface area contributed by atoms with E-state index in [0.29, 0.717) is 0 Å². The average molecular weight is 451 g/mol. The normalized spacial score (nSPS) is 17.8. The van der Waals surface area contributed by atoms with Gasteiger partial charge >= 0.3 is 0 Å². The largest absolute Gasteiger partial charge is 0.0654 e. The minimum absolute atomic E-state index is 0.865. The van der Waals surface area contributed by atoms with E-state index in [1.165, 1.54) is 103 Å². The van der Waals surface area contributed by atoms with Gasteiger partial charge in [-0.3, -0.25) is 0 Å². The quantitative estimate of drug-likeness (QED) is 0.154. The SMILES string of the molecule is CCCC(CCCC(C)CC)CCC(C)CCC(CC)CC(C)C(CC)CCCC(C)C. The third kappa shape index (κ3) is 16.6. The highest BCUT2D eigenvalue weighted by molar-refractivity contribution is 4.72. The maximum absolute atomic E-state index is 2.56. The summed E-state index contributed by atoms with van der Waals surface area (Å²) in [4.78, 5) is 0. The molecule has 0 aromatic heterocycles. The van der Waals surface area contributed by atoms with Crippen LogP contribution in [0.5, 0.6) is 0 Å². The molecule has 6 unspecified atom stereocenters. The van der Waals surface area contributed by atoms with Gasteiger partial charge in [-0.05, 0) is 47.8 Å². The molecular formula is C32H66. The molecule has 194 valence electrons. The predicted molar refractivity (Wildman–Crippen MR) is 149 cm³/mol. The van der Waals surface area contributed by atoms with Gasteiger partial charge in [0, 0.05) is 0 Å². The third-order valence-corrected chi connectivity index (χ3v) is 8.81. The molecule has 0 heterocycles. The molecule has 0 nitrogen and oxygen atoms in total. The molecule has 0 rings (SSSR count). The Morgan fingerprint density at radius 3 is 1.62 bits per heavy atom. The molecule has 0 aromatic rings. The van der Waals surface area contributed by atoms with Gasteiger partial charge in [-0.15, -0.1) is 0 Å². The second-order valence-corrected chi connectivity index (χ2v) is 12.3. The second kappa shape index (κ2) is 20.4. The minimum atomic E-state index is 0.865. The monoisotopic (exact) mass is 451 g/mol. The van der Waals surface area contributed by atoms with Crippen LogP contribution in [0.25, 0.3) is 0 Å². The van der Waals surface area contributed by atoms with E-state index in [2.05, 4.69) is 62.3 Å². The fourth-order valence-corrected chi connectivity index (χ4v) is 5.87. The summed E-state index contributed by atoms with van der Waals surface area (Å²) in [6.07, 6.45) is 23.0. The van der Waals surface area contributed by atoms with E-state index in [0.717, 1.165) is 41.4 Å². The van der Waals surface area contributed by atoms with Crippen LogP contribution in [0.15, 0.2) is 0 Å². The lowest BCUT2D eigenvalue weighted by Gasteiger charge is -2.28. The molecule has 0 radical (unpaired) electrons. The molecule has 0 spiro atoms. The van der Waals surface area contributed by atoms with E-state index in [4.69, 9.17) is 0 Å². The van der Waals surface area contributed by atoms with Crippen molar-refractivity contribution in [2.75, 3.05) is 0 Å². The van der Waals surface area contributed by atoms with Crippen molar-refractivity contribution >= 4 is 0 Å². The van der Waals surface area contributed by atoms with Gasteiger partial charge in [0.05, 0.1) is 0 Å². The minimum Gasteiger partial charge on any atom is -0.0654 e. The fourth-order valence-electron chi connectivity index (χ4n) is 5.87. The van der Waals surface area contributed by atoms with Crippen LogP contribution < -0.4 is 0 Å². The van der Waals surface area contributed by atoms with Gasteiger partial charge in [0.15, 0.2) is 0 Å². The van der Waals surface area contributed by atoms with Crippen molar-refractivity contribution in [3.05, 3.63) is 0 Å². The van der Waals surface area contributed by atoms with Gasteiger partial charge in [-0.1, -0.05) is 159 Å². The van der Waals surface area contributed by atoms with Crippen LogP contribution in [0.1, 0.15) is 165 Å². The summed E-state index contributed by atoms with van der Waals surface area (Å²) in [7, 11) is 0. The summed E-state index contributed by atoms with van der Waals surface area (Å²) < 4.78 is 0. The Labute approximate surface area is 206 Å². The highest BCUT2D eigenvalue weighted by Gasteiger charge is 2.20. The lowest BCUT2D eigenvalue weighted by molar-refractivity contribution is 0.237. The summed E-state index contributed by atoms with van der Waals surface area (Å²) in [6, 6.07) is 0. The first-order chi connectivity index (χ1) is 15.3. The fraction of sp³-hybridized carbons (Fsp3) is 1.00. The van der Waals surface area contributed by atoms with E-state index >= 15 is 0 Å². The molecule has 0 bridgehead atoms. The summed E-state index contributed by atoms with van der Waals surface area (Å²) in [5.74, 6) is 6.51. The van der Waals surface area contributed by atoms with E-state index in [1.54, 1.807) is 0 Å². The van der Waals surface area contributed by atoms with Crippen molar-refractivity contribution in [3.63, 3.8) is 0 Å². The molecule has 0 N–H and O–H groups in total. The predicted octanol–water partition coefficient (Wildman–Crippen LogP) is 11.7. The average Bonchev–Trinajstić information content (AvgIpc) is 2.77. The van der Waals surface area contributed by atoms with Crippen molar-refractivity contribution in [1.29, 1.82) is 0 Å². The third-order valence-electron chi connectivity index (χ3n) is 8.81. The summed E-state index contributed by atoms with van der Waals surface area (Å²) >= 11 is 0. The Balaban J connectivity index is 4.32. The summed E-state index contributed by atoms with van der Waals surface area (Å²) in [5.41, 5.74) is 0. The number of rotatable bonds is 22. The Morgan fingerprint density at radius 1 is 0.469 bits per heavy atom. The first kappa shape index (κ1) is 32.0. The summed E-state index contributed by atoms with van der Waals surface area (Å²) in [6.45, 7) is 21.9. The topological polar surface area (TPSA) is 0 Å². The van der Waals surface area contributed by atoms with Gasteiger partial charge in [-0.2, -0.15) is 0 Å². The van der Waals surface area contributed by atoms with Crippen molar-refractivity contribution in [3.8, 4) is 0 Å². The zero-order valence-electron chi connectivity index (χ0n) is 24.4. The Bertz CT molecular complexity index is 383. The van der Waals surface area contributed by atoms with Crippen molar-refractivity contribution in [1.82, 2.24) is 0 Å². The number of hydrogen-bond acceptors (Lipinski definition) is 0. The van der Waals surface area contributed by atoms with Crippen LogP contribution >= 0.6 is 0 Å². The van der Waals surface area contributed by atoms with E-state index in [1.807, 2.05) is 0 Å². The second-order valence-electron chi connectivity index (χ2n) is 12.3. The zero-order valence-corrected chi connectivity index (χ0v) is 24.4. The van der Waals surface area contributed by atoms with Gasteiger partial charge in [0.1, 0.15) is 0 Å². The standard InChI is InChI=1S/C32H66/c1-10-16-31(19-15-18-27(7)11-2)24-22-28(8)21-23-30(12-3)25-29(9)32(13-4)20-14-17-26(5)6/h26-32H,10-25H2,1-9H3. The van der Waals surface area contributed by atoms with E-state index in [-0.39, 0.29) is 0 Å². The molecule has 6 atom stereocenters. The van der Waals surface area contributed by atoms with Crippen LogP contribution in [-0.4, -0.2) is 0 Å². The summed E-state index contributed by atoms with van der Waals surface area (Å²) in [5, 5.41) is 0. The van der Waals surface area contributed by atoms with Gasteiger partial charge in [0.25, 0.3) is 0 Å². The first-order valence-electron chi connectivity index (χ1n) is 15.3. The number of hydrogen-bond donors (Lipinski definition) is 0. The van der Waals surface area contributed by atoms with Crippen LogP contribution in [-0.2, 0) is 0 Å². The molecule has 0 saturated carbocycles. The highest BCUT2D eigenvalue weighted by atomic mass is 14.3. The van der Waals surface area contributed by atoms with Crippen molar-refractivity contribution < 1.29 is 0 Å². The lowest BCUT2D eigenvalue weighted by Crippen LogP contribution is -2.16. The zero-order chi connectivity index (χ0) is 24.4. The molecule has 0 fully saturated rings. The van der Waals surface area contributed by atoms with E-state index < -0.39 is 0 Å². The van der Waals surface area contributed by atoms with Crippen LogP contribution in [0.4, 0.5) is 0 Å². The molecule has 0 amide bonds. The smallest absolute Gasteiger partial charge is 0.0391 e. The molecule has 0 saturated heterocycles. The first-order valence-corrected chi connectivity index (χ1v) is 15.3. The molecule has 0 aliphatic rings. The Morgan fingerprint density at radius 2 is 1.09 bits per heavy atom. The molecule has 32 heavy (non-hydrogen) atoms. The van der Waals surface area contributed by atoms with Crippen LogP contribution in [0.3, 0.4) is 0 Å². The molecule has 0 heteroatoms. The van der Waals surface area contributed by atoms with Gasteiger partial charge < -0.3 is 0 Å². The van der Waals surface area contributed by atoms with Gasteiger partial charge in [-0.25, -0.2) is 0 Å².